The summed E-state index contributed by atoms with van der Waals surface area (Å²) in [6.45, 7) is 0.286. The van der Waals surface area contributed by atoms with E-state index in [0.29, 0.717) is 18.0 Å². The van der Waals surface area contributed by atoms with Crippen molar-refractivity contribution < 1.29 is 14.0 Å². The third kappa shape index (κ3) is 2.83. The monoisotopic (exact) mass is 339 g/mol. The number of fused-ring (bicyclic) bond motifs is 1. The summed E-state index contributed by atoms with van der Waals surface area (Å²) in [6.07, 6.45) is 1.71. The van der Waals surface area contributed by atoms with Crippen molar-refractivity contribution in [3.8, 4) is 11.4 Å². The number of nitrogens with one attached hydrogen (secondary N) is 1. The molecule has 0 radical (unpaired) electrons. The minimum Gasteiger partial charge on any atom is -0.394 e. The van der Waals surface area contributed by atoms with E-state index in [1.54, 1.807) is 18.2 Å². The van der Waals surface area contributed by atoms with Gasteiger partial charge in [-0.25, -0.2) is 4.39 Å². The third-order valence-electron chi connectivity index (χ3n) is 4.78. The van der Waals surface area contributed by atoms with Gasteiger partial charge in [-0.2, -0.15) is 4.98 Å². The van der Waals surface area contributed by atoms with Crippen molar-refractivity contribution in [3.63, 3.8) is 0 Å². The third-order valence-corrected chi connectivity index (χ3v) is 4.78. The first-order chi connectivity index (χ1) is 12.2. The van der Waals surface area contributed by atoms with Gasteiger partial charge in [0, 0.05) is 0 Å². The van der Waals surface area contributed by atoms with Gasteiger partial charge in [-0.3, -0.25) is 5.32 Å². The molecule has 128 valence electrons. The maximum absolute atomic E-state index is 13.8. The Labute approximate surface area is 144 Å². The summed E-state index contributed by atoms with van der Waals surface area (Å²) in [5.74, 6) is 0.189. The summed E-state index contributed by atoms with van der Waals surface area (Å²) < 4.78 is 19.1. The van der Waals surface area contributed by atoms with Crippen LogP contribution in [0.1, 0.15) is 23.4 Å². The molecule has 4 rings (SSSR count). The highest BCUT2D eigenvalue weighted by molar-refractivity contribution is 5.54. The van der Waals surface area contributed by atoms with Gasteiger partial charge in [-0.15, -0.1) is 0 Å². The first kappa shape index (κ1) is 15.9. The number of hydrogen-bond donors (Lipinski definition) is 2. The maximum Gasteiger partial charge on any atom is 0.240 e. The van der Waals surface area contributed by atoms with E-state index in [9.17, 15) is 9.50 Å². The van der Waals surface area contributed by atoms with E-state index in [2.05, 4.69) is 21.5 Å². The fourth-order valence-electron chi connectivity index (χ4n) is 3.42. The zero-order chi connectivity index (χ0) is 17.3. The van der Waals surface area contributed by atoms with E-state index in [1.807, 2.05) is 18.2 Å². The van der Waals surface area contributed by atoms with Gasteiger partial charge < -0.3 is 9.63 Å². The molecule has 0 aliphatic heterocycles. The lowest BCUT2D eigenvalue weighted by Gasteiger charge is -2.29. The molecule has 3 aromatic rings. The van der Waals surface area contributed by atoms with Gasteiger partial charge in [0.05, 0.1) is 24.3 Å². The zero-order valence-electron chi connectivity index (χ0n) is 13.6. The van der Waals surface area contributed by atoms with Crippen molar-refractivity contribution in [2.24, 2.45) is 0 Å². The Kier molecular flexibility index (Phi) is 4.07. The molecule has 1 aliphatic rings. The predicted molar refractivity (Wildman–Crippen MR) is 90.1 cm³/mol. The van der Waals surface area contributed by atoms with Crippen LogP contribution in [0, 0.1) is 5.82 Å². The van der Waals surface area contributed by atoms with Gasteiger partial charge in [0.15, 0.2) is 0 Å². The molecule has 5 nitrogen and oxygen atoms in total. The second-order valence-corrected chi connectivity index (χ2v) is 6.24. The number of aliphatic hydroxyl groups is 1. The van der Waals surface area contributed by atoms with Crippen LogP contribution in [0.3, 0.4) is 0 Å². The molecule has 0 saturated heterocycles. The van der Waals surface area contributed by atoms with Crippen LogP contribution in [0.4, 0.5) is 4.39 Å². The number of hydrogen-bond acceptors (Lipinski definition) is 5. The van der Waals surface area contributed by atoms with Crippen molar-refractivity contribution >= 4 is 0 Å². The van der Waals surface area contributed by atoms with Crippen LogP contribution in [0.25, 0.3) is 11.4 Å². The molecule has 0 bridgehead atoms. The quantitative estimate of drug-likeness (QED) is 0.748. The first-order valence-electron chi connectivity index (χ1n) is 8.24. The summed E-state index contributed by atoms with van der Waals surface area (Å²) in [5.41, 5.74) is 2.14. The smallest absolute Gasteiger partial charge is 0.240 e. The van der Waals surface area contributed by atoms with Gasteiger partial charge >= 0.3 is 0 Å². The summed E-state index contributed by atoms with van der Waals surface area (Å²) in [4.78, 5) is 4.26. The summed E-state index contributed by atoms with van der Waals surface area (Å²) in [5, 5.41) is 17.2. The van der Waals surface area contributed by atoms with Gasteiger partial charge in [-0.1, -0.05) is 41.6 Å². The highest BCUT2D eigenvalue weighted by Gasteiger charge is 2.37. The molecular weight excluding hydrogens is 321 g/mol. The standard InChI is InChI=1S/C19H18FN3O2/c20-16-8-4-2-6-14(16)18-22-17(25-23-18)11-21-19(12-24)10-9-13-5-1-3-7-15(13)19/h1-8,21,24H,9-12H2. The normalized spacial score (nSPS) is 19.1. The van der Waals surface area contributed by atoms with Gasteiger partial charge in [0.1, 0.15) is 5.82 Å². The van der Waals surface area contributed by atoms with Crippen molar-refractivity contribution in [3.05, 3.63) is 71.4 Å². The van der Waals surface area contributed by atoms with Crippen LogP contribution in [0.2, 0.25) is 0 Å². The van der Waals surface area contributed by atoms with Crippen LogP contribution in [0.15, 0.2) is 53.1 Å². The highest BCUT2D eigenvalue weighted by atomic mass is 19.1. The molecule has 0 spiro atoms. The zero-order valence-corrected chi connectivity index (χ0v) is 13.6. The largest absolute Gasteiger partial charge is 0.394 e. The van der Waals surface area contributed by atoms with Crippen LogP contribution in [0.5, 0.6) is 0 Å². The van der Waals surface area contributed by atoms with Crippen molar-refractivity contribution in [2.75, 3.05) is 6.61 Å². The fourth-order valence-corrected chi connectivity index (χ4v) is 3.42. The van der Waals surface area contributed by atoms with Crippen LogP contribution in [-0.2, 0) is 18.5 Å². The SMILES string of the molecule is OCC1(NCc2nc(-c3ccccc3F)no2)CCc2ccccc21. The molecule has 0 saturated carbocycles. The summed E-state index contributed by atoms with van der Waals surface area (Å²) >= 11 is 0. The van der Waals surface area contributed by atoms with Crippen LogP contribution in [-0.4, -0.2) is 21.9 Å². The molecule has 1 aliphatic carbocycles. The summed E-state index contributed by atoms with van der Waals surface area (Å²) in [7, 11) is 0. The molecule has 0 amide bonds. The topological polar surface area (TPSA) is 71.2 Å². The second kappa shape index (κ2) is 6.38. The lowest BCUT2D eigenvalue weighted by Crippen LogP contribution is -2.43. The van der Waals surface area contributed by atoms with E-state index < -0.39 is 5.54 Å². The van der Waals surface area contributed by atoms with Gasteiger partial charge in [-0.05, 0) is 36.1 Å². The second-order valence-electron chi connectivity index (χ2n) is 6.24. The molecule has 1 unspecified atom stereocenters. The average Bonchev–Trinajstić information content (AvgIpc) is 3.26. The van der Waals surface area contributed by atoms with E-state index in [4.69, 9.17) is 4.52 Å². The van der Waals surface area contributed by atoms with Crippen LogP contribution >= 0.6 is 0 Å². The number of aliphatic hydroxyl groups excluding tert-OH is 1. The number of aryl methyl sites for hydroxylation is 1. The Morgan fingerprint density at radius 1 is 1.16 bits per heavy atom. The van der Waals surface area contributed by atoms with E-state index >= 15 is 0 Å². The Hall–Kier alpha value is -2.57. The van der Waals surface area contributed by atoms with Crippen LogP contribution < -0.4 is 5.32 Å². The molecule has 0 fully saturated rings. The van der Waals surface area contributed by atoms with E-state index in [0.717, 1.165) is 18.4 Å². The molecule has 25 heavy (non-hydrogen) atoms. The molecule has 2 N–H and O–H groups in total. The number of halogens is 1. The van der Waals surface area contributed by atoms with Crippen molar-refractivity contribution in [1.82, 2.24) is 15.5 Å². The Morgan fingerprint density at radius 3 is 2.80 bits per heavy atom. The Balaban J connectivity index is 1.53. The molecular formula is C19H18FN3O2. The maximum atomic E-state index is 13.8. The predicted octanol–water partition coefficient (Wildman–Crippen LogP) is 2.80. The number of nitrogens with zero attached hydrogens (tertiary/aromatic N) is 2. The number of aromatic nitrogens is 2. The minimum atomic E-state index is -0.511. The molecule has 1 aromatic heterocycles. The molecule has 2 aromatic carbocycles. The van der Waals surface area contributed by atoms with Gasteiger partial charge in [0.25, 0.3) is 0 Å². The molecule has 1 atom stereocenters. The van der Waals surface area contributed by atoms with Crippen molar-refractivity contribution in [2.45, 2.75) is 24.9 Å². The van der Waals surface area contributed by atoms with E-state index in [-0.39, 0.29) is 18.2 Å². The highest BCUT2D eigenvalue weighted by Crippen LogP contribution is 2.36. The molecule has 6 heteroatoms. The van der Waals surface area contributed by atoms with Crippen molar-refractivity contribution in [1.29, 1.82) is 0 Å². The van der Waals surface area contributed by atoms with Gasteiger partial charge in [0.2, 0.25) is 11.7 Å². The summed E-state index contributed by atoms with van der Waals surface area (Å²) in [6, 6.07) is 14.4. The lowest BCUT2D eigenvalue weighted by molar-refractivity contribution is 0.154. The Bertz CT molecular complexity index is 896. The first-order valence-corrected chi connectivity index (χ1v) is 8.24. The lowest BCUT2D eigenvalue weighted by atomic mass is 9.92. The molecule has 1 heterocycles. The van der Waals surface area contributed by atoms with E-state index in [1.165, 1.54) is 11.6 Å². The average molecular weight is 339 g/mol. The fraction of sp³-hybridized carbons (Fsp3) is 0.263. The number of rotatable bonds is 5. The number of benzene rings is 2. The Morgan fingerprint density at radius 2 is 1.96 bits per heavy atom. The minimum absolute atomic E-state index is 0.0156.